The van der Waals surface area contributed by atoms with Gasteiger partial charge in [0.25, 0.3) is 0 Å². The summed E-state index contributed by atoms with van der Waals surface area (Å²) in [4.78, 5) is 8.61. The summed E-state index contributed by atoms with van der Waals surface area (Å²) in [6, 6.07) is 8.19. The van der Waals surface area contributed by atoms with E-state index in [4.69, 9.17) is 0 Å². The molecule has 1 aromatic heterocycles. The molecule has 0 aliphatic heterocycles. The number of benzene rings is 1. The fraction of sp³-hybridized carbons (Fsp3) is 0.286. The van der Waals surface area contributed by atoms with Crippen molar-refractivity contribution in [3.05, 3.63) is 42.2 Å². The largest absolute Gasteiger partial charge is 0.369 e. The van der Waals surface area contributed by atoms with Crippen LogP contribution >= 0.6 is 0 Å². The molecule has 0 aliphatic carbocycles. The molecule has 2 rings (SSSR count). The molecule has 0 bridgehead atoms. The second-order valence-electron chi connectivity index (χ2n) is 4.21. The summed E-state index contributed by atoms with van der Waals surface area (Å²) in [7, 11) is 0. The molecule has 0 fully saturated rings. The van der Waals surface area contributed by atoms with E-state index >= 15 is 0 Å². The Balaban J connectivity index is 2.06. The molecule has 4 heteroatoms. The average molecular weight is 242 g/mol. The molecule has 0 unspecified atom stereocenters. The lowest BCUT2D eigenvalue weighted by Crippen LogP contribution is -2.04. The summed E-state index contributed by atoms with van der Waals surface area (Å²) in [5, 5.41) is 6.45. The topological polar surface area (TPSA) is 49.8 Å². The lowest BCUT2D eigenvalue weighted by atomic mass is 10.2. The summed E-state index contributed by atoms with van der Waals surface area (Å²) >= 11 is 0. The van der Waals surface area contributed by atoms with E-state index in [0.29, 0.717) is 0 Å². The summed E-state index contributed by atoms with van der Waals surface area (Å²) in [5.41, 5.74) is 2.26. The van der Waals surface area contributed by atoms with Crippen LogP contribution in [-0.4, -0.2) is 16.5 Å². The van der Waals surface area contributed by atoms with Crippen LogP contribution in [0.15, 0.2) is 36.7 Å². The second-order valence-corrected chi connectivity index (χ2v) is 4.21. The van der Waals surface area contributed by atoms with Crippen molar-refractivity contribution in [3.63, 3.8) is 0 Å². The fourth-order valence-corrected chi connectivity index (χ4v) is 1.55. The van der Waals surface area contributed by atoms with Gasteiger partial charge in [-0.15, -0.1) is 0 Å². The number of nitrogens with zero attached hydrogens (tertiary/aromatic N) is 2. The maximum absolute atomic E-state index is 4.44. The Hall–Kier alpha value is -2.10. The predicted molar refractivity (Wildman–Crippen MR) is 75.3 cm³/mol. The number of aryl methyl sites for hydroxylation is 1. The lowest BCUT2D eigenvalue weighted by Gasteiger charge is -2.08. The maximum Gasteiger partial charge on any atom is 0.151 e. The molecule has 2 N–H and O–H groups in total. The van der Waals surface area contributed by atoms with Crippen molar-refractivity contribution >= 4 is 17.3 Å². The van der Waals surface area contributed by atoms with Crippen LogP contribution < -0.4 is 10.6 Å². The third kappa shape index (κ3) is 3.45. The fourth-order valence-electron chi connectivity index (χ4n) is 1.55. The number of rotatable bonds is 5. The second kappa shape index (κ2) is 6.00. The van der Waals surface area contributed by atoms with Crippen LogP contribution in [0, 0.1) is 6.92 Å². The van der Waals surface area contributed by atoms with Gasteiger partial charge in [0.2, 0.25) is 0 Å². The van der Waals surface area contributed by atoms with Gasteiger partial charge in [0, 0.05) is 12.2 Å². The van der Waals surface area contributed by atoms with Gasteiger partial charge >= 0.3 is 0 Å². The Morgan fingerprint density at radius 3 is 2.50 bits per heavy atom. The predicted octanol–water partition coefficient (Wildman–Crippen LogP) is 3.35. The number of hydrogen-bond donors (Lipinski definition) is 2. The first kappa shape index (κ1) is 12.4. The zero-order chi connectivity index (χ0) is 12.8. The van der Waals surface area contributed by atoms with Crippen molar-refractivity contribution in [2.75, 3.05) is 17.2 Å². The number of hydrogen-bond acceptors (Lipinski definition) is 4. The molecule has 0 aliphatic rings. The minimum Gasteiger partial charge on any atom is -0.369 e. The number of nitrogens with one attached hydrogen (secondary N) is 2. The summed E-state index contributed by atoms with van der Waals surface area (Å²) in [6.45, 7) is 5.09. The average Bonchev–Trinajstić information content (AvgIpc) is 2.40. The SMILES string of the molecule is CCCNc1cncc(Nc2ccc(C)cc2)n1. The van der Waals surface area contributed by atoms with Crippen LogP contribution in [0.4, 0.5) is 17.3 Å². The molecule has 1 aromatic carbocycles. The maximum atomic E-state index is 4.44. The van der Waals surface area contributed by atoms with Gasteiger partial charge in [0.1, 0.15) is 5.82 Å². The minimum atomic E-state index is 0.750. The molecule has 94 valence electrons. The van der Waals surface area contributed by atoms with Gasteiger partial charge in [-0.05, 0) is 25.5 Å². The molecule has 2 aromatic rings. The van der Waals surface area contributed by atoms with Crippen molar-refractivity contribution in [3.8, 4) is 0 Å². The normalized spacial score (nSPS) is 10.1. The van der Waals surface area contributed by atoms with Gasteiger partial charge in [-0.1, -0.05) is 24.6 Å². The van der Waals surface area contributed by atoms with E-state index in [2.05, 4.69) is 46.6 Å². The Bertz CT molecular complexity index is 493. The number of anilines is 3. The minimum absolute atomic E-state index is 0.750. The van der Waals surface area contributed by atoms with E-state index < -0.39 is 0 Å². The third-order valence-electron chi connectivity index (χ3n) is 2.51. The smallest absolute Gasteiger partial charge is 0.151 e. The Labute approximate surface area is 107 Å². The van der Waals surface area contributed by atoms with Crippen LogP contribution in [0.3, 0.4) is 0 Å². The van der Waals surface area contributed by atoms with Gasteiger partial charge in [0.15, 0.2) is 5.82 Å². The standard InChI is InChI=1S/C14H18N4/c1-3-8-16-13-9-15-10-14(18-13)17-12-6-4-11(2)5-7-12/h4-7,9-10H,3,8H2,1-2H3,(H2,16,17,18). The molecule has 0 saturated heterocycles. The lowest BCUT2D eigenvalue weighted by molar-refractivity contribution is 0.965. The molecule has 0 saturated carbocycles. The van der Waals surface area contributed by atoms with Crippen molar-refractivity contribution in [2.24, 2.45) is 0 Å². The van der Waals surface area contributed by atoms with Gasteiger partial charge in [0.05, 0.1) is 12.4 Å². The Morgan fingerprint density at radius 1 is 1.06 bits per heavy atom. The molecule has 0 atom stereocenters. The van der Waals surface area contributed by atoms with Crippen LogP contribution in [0.2, 0.25) is 0 Å². The summed E-state index contributed by atoms with van der Waals surface area (Å²) in [5.74, 6) is 1.55. The third-order valence-corrected chi connectivity index (χ3v) is 2.51. The molecular weight excluding hydrogens is 224 g/mol. The molecule has 0 amide bonds. The molecule has 0 radical (unpaired) electrons. The zero-order valence-electron chi connectivity index (χ0n) is 10.8. The zero-order valence-corrected chi connectivity index (χ0v) is 10.8. The van der Waals surface area contributed by atoms with E-state index in [-0.39, 0.29) is 0 Å². The van der Waals surface area contributed by atoms with Crippen LogP contribution in [0.5, 0.6) is 0 Å². The highest BCUT2D eigenvalue weighted by Crippen LogP contribution is 2.15. The van der Waals surface area contributed by atoms with E-state index in [1.54, 1.807) is 12.4 Å². The van der Waals surface area contributed by atoms with E-state index in [0.717, 1.165) is 30.3 Å². The first-order chi connectivity index (χ1) is 8.78. The van der Waals surface area contributed by atoms with Crippen molar-refractivity contribution in [1.29, 1.82) is 0 Å². The molecular formula is C14H18N4. The van der Waals surface area contributed by atoms with E-state index in [1.807, 2.05) is 12.1 Å². The molecule has 1 heterocycles. The first-order valence-electron chi connectivity index (χ1n) is 6.17. The van der Waals surface area contributed by atoms with Gasteiger partial charge in [-0.2, -0.15) is 0 Å². The molecule has 0 spiro atoms. The van der Waals surface area contributed by atoms with Crippen LogP contribution in [-0.2, 0) is 0 Å². The van der Waals surface area contributed by atoms with Crippen LogP contribution in [0.1, 0.15) is 18.9 Å². The molecule has 18 heavy (non-hydrogen) atoms. The monoisotopic (exact) mass is 242 g/mol. The van der Waals surface area contributed by atoms with E-state index in [9.17, 15) is 0 Å². The highest BCUT2D eigenvalue weighted by molar-refractivity contribution is 5.57. The quantitative estimate of drug-likeness (QED) is 0.844. The summed E-state index contributed by atoms with van der Waals surface area (Å²) < 4.78 is 0. The van der Waals surface area contributed by atoms with Crippen molar-refractivity contribution in [1.82, 2.24) is 9.97 Å². The summed E-state index contributed by atoms with van der Waals surface area (Å²) in [6.07, 6.45) is 4.52. The van der Waals surface area contributed by atoms with Gasteiger partial charge < -0.3 is 10.6 Å². The van der Waals surface area contributed by atoms with Crippen LogP contribution in [0.25, 0.3) is 0 Å². The number of aromatic nitrogens is 2. The van der Waals surface area contributed by atoms with Gasteiger partial charge in [-0.3, -0.25) is 4.98 Å². The first-order valence-corrected chi connectivity index (χ1v) is 6.17. The van der Waals surface area contributed by atoms with Crippen molar-refractivity contribution < 1.29 is 0 Å². The van der Waals surface area contributed by atoms with Crippen molar-refractivity contribution in [2.45, 2.75) is 20.3 Å². The van der Waals surface area contributed by atoms with Gasteiger partial charge in [-0.25, -0.2) is 4.98 Å². The Morgan fingerprint density at radius 2 is 1.78 bits per heavy atom. The van der Waals surface area contributed by atoms with E-state index in [1.165, 1.54) is 5.56 Å². The highest BCUT2D eigenvalue weighted by atomic mass is 15.1. The molecule has 4 nitrogen and oxygen atoms in total. The highest BCUT2D eigenvalue weighted by Gasteiger charge is 1.98. The Kier molecular flexibility index (Phi) is 4.12.